The van der Waals surface area contributed by atoms with Gasteiger partial charge in [-0.2, -0.15) is 4.98 Å². The number of imidazole rings is 1. The minimum atomic E-state index is 0.604. The SMILES string of the molecule is CCOc1nc2c(C)cccc2[nH]1. The van der Waals surface area contributed by atoms with Crippen LogP contribution in [-0.2, 0) is 0 Å². The highest BCUT2D eigenvalue weighted by Gasteiger charge is 2.03. The fourth-order valence-corrected chi connectivity index (χ4v) is 1.36. The van der Waals surface area contributed by atoms with E-state index in [1.165, 1.54) is 5.56 Å². The van der Waals surface area contributed by atoms with Crippen molar-refractivity contribution >= 4 is 11.0 Å². The Balaban J connectivity index is 2.55. The number of ether oxygens (including phenoxy) is 1. The average Bonchev–Trinajstić information content (AvgIpc) is 2.49. The van der Waals surface area contributed by atoms with Gasteiger partial charge in [-0.3, -0.25) is 0 Å². The van der Waals surface area contributed by atoms with Crippen LogP contribution in [0, 0.1) is 6.92 Å². The van der Waals surface area contributed by atoms with Gasteiger partial charge in [0.1, 0.15) is 0 Å². The number of benzene rings is 1. The summed E-state index contributed by atoms with van der Waals surface area (Å²) in [7, 11) is 0. The van der Waals surface area contributed by atoms with Crippen molar-refractivity contribution in [2.24, 2.45) is 0 Å². The lowest BCUT2D eigenvalue weighted by atomic mass is 10.2. The summed E-state index contributed by atoms with van der Waals surface area (Å²) in [6.45, 7) is 4.62. The molecule has 1 aromatic carbocycles. The first-order valence-corrected chi connectivity index (χ1v) is 4.39. The predicted octanol–water partition coefficient (Wildman–Crippen LogP) is 2.27. The lowest BCUT2D eigenvalue weighted by Crippen LogP contribution is -1.92. The van der Waals surface area contributed by atoms with Crippen molar-refractivity contribution < 1.29 is 4.74 Å². The lowest BCUT2D eigenvalue weighted by molar-refractivity contribution is 0.317. The third-order valence-corrected chi connectivity index (χ3v) is 1.97. The Hall–Kier alpha value is -1.51. The Bertz CT molecular complexity index is 420. The number of H-pyrrole nitrogens is 1. The van der Waals surface area contributed by atoms with Crippen molar-refractivity contribution in [1.29, 1.82) is 0 Å². The summed E-state index contributed by atoms with van der Waals surface area (Å²) in [6.07, 6.45) is 0. The number of aromatic amines is 1. The van der Waals surface area contributed by atoms with Gasteiger partial charge in [0.2, 0.25) is 0 Å². The molecule has 2 aromatic rings. The molecule has 1 heterocycles. The highest BCUT2D eigenvalue weighted by molar-refractivity contribution is 5.79. The molecule has 1 aromatic heterocycles. The number of para-hydroxylation sites is 1. The zero-order chi connectivity index (χ0) is 9.26. The van der Waals surface area contributed by atoms with Crippen molar-refractivity contribution in [3.63, 3.8) is 0 Å². The first kappa shape index (κ1) is 8.10. The van der Waals surface area contributed by atoms with Gasteiger partial charge in [0.05, 0.1) is 17.6 Å². The molecule has 13 heavy (non-hydrogen) atoms. The Morgan fingerprint density at radius 3 is 3.00 bits per heavy atom. The quantitative estimate of drug-likeness (QED) is 0.762. The summed E-state index contributed by atoms with van der Waals surface area (Å²) >= 11 is 0. The third kappa shape index (κ3) is 1.37. The van der Waals surface area contributed by atoms with E-state index in [-0.39, 0.29) is 0 Å². The van der Waals surface area contributed by atoms with Crippen LogP contribution in [0.4, 0.5) is 0 Å². The molecule has 0 saturated heterocycles. The van der Waals surface area contributed by atoms with Crippen molar-refractivity contribution in [2.45, 2.75) is 13.8 Å². The van der Waals surface area contributed by atoms with E-state index in [9.17, 15) is 0 Å². The molecule has 3 heteroatoms. The maximum Gasteiger partial charge on any atom is 0.294 e. The zero-order valence-corrected chi connectivity index (χ0v) is 7.79. The van der Waals surface area contributed by atoms with E-state index in [0.29, 0.717) is 12.6 Å². The molecule has 0 spiro atoms. The molecule has 0 aliphatic rings. The maximum absolute atomic E-state index is 5.28. The molecule has 0 unspecified atom stereocenters. The molecule has 0 saturated carbocycles. The van der Waals surface area contributed by atoms with Crippen LogP contribution in [0.1, 0.15) is 12.5 Å². The van der Waals surface area contributed by atoms with Crippen LogP contribution in [0.3, 0.4) is 0 Å². The number of aryl methyl sites for hydroxylation is 1. The summed E-state index contributed by atoms with van der Waals surface area (Å²) in [6, 6.07) is 6.65. The van der Waals surface area contributed by atoms with Gasteiger partial charge in [-0.15, -0.1) is 0 Å². The fourth-order valence-electron chi connectivity index (χ4n) is 1.36. The summed E-state index contributed by atoms with van der Waals surface area (Å²) in [5.41, 5.74) is 3.19. The van der Waals surface area contributed by atoms with Gasteiger partial charge in [-0.05, 0) is 25.5 Å². The highest BCUT2D eigenvalue weighted by atomic mass is 16.5. The maximum atomic E-state index is 5.28. The lowest BCUT2D eigenvalue weighted by Gasteiger charge is -1.93. The molecule has 0 fully saturated rings. The van der Waals surface area contributed by atoms with Crippen LogP contribution in [-0.4, -0.2) is 16.6 Å². The average molecular weight is 176 g/mol. The molecule has 0 aliphatic carbocycles. The van der Waals surface area contributed by atoms with Crippen LogP contribution in [0.25, 0.3) is 11.0 Å². The molecule has 0 bridgehead atoms. The smallest absolute Gasteiger partial charge is 0.294 e. The van der Waals surface area contributed by atoms with E-state index in [1.54, 1.807) is 0 Å². The van der Waals surface area contributed by atoms with Gasteiger partial charge >= 0.3 is 0 Å². The third-order valence-electron chi connectivity index (χ3n) is 1.97. The van der Waals surface area contributed by atoms with E-state index in [1.807, 2.05) is 32.0 Å². The van der Waals surface area contributed by atoms with Crippen molar-refractivity contribution in [1.82, 2.24) is 9.97 Å². The molecule has 68 valence electrons. The first-order chi connectivity index (χ1) is 6.31. The van der Waals surface area contributed by atoms with Crippen molar-refractivity contribution in [3.05, 3.63) is 23.8 Å². The second-order valence-corrected chi connectivity index (χ2v) is 2.95. The van der Waals surface area contributed by atoms with Crippen LogP contribution < -0.4 is 4.74 Å². The van der Waals surface area contributed by atoms with Gasteiger partial charge in [0.15, 0.2) is 0 Å². The molecule has 0 radical (unpaired) electrons. The Morgan fingerprint density at radius 2 is 2.31 bits per heavy atom. The molecule has 2 rings (SSSR count). The van der Waals surface area contributed by atoms with Gasteiger partial charge in [-0.1, -0.05) is 12.1 Å². The molecule has 1 N–H and O–H groups in total. The number of rotatable bonds is 2. The molecular formula is C10H12N2O. The van der Waals surface area contributed by atoms with Crippen LogP contribution in [0.5, 0.6) is 6.01 Å². The van der Waals surface area contributed by atoms with Crippen LogP contribution in [0.15, 0.2) is 18.2 Å². The summed E-state index contributed by atoms with van der Waals surface area (Å²) in [5, 5.41) is 0. The van der Waals surface area contributed by atoms with Gasteiger partial charge in [-0.25, -0.2) is 0 Å². The Labute approximate surface area is 76.8 Å². The predicted molar refractivity (Wildman–Crippen MR) is 52.0 cm³/mol. The van der Waals surface area contributed by atoms with Crippen molar-refractivity contribution in [2.75, 3.05) is 6.61 Å². The molecule has 0 aliphatic heterocycles. The number of nitrogens with zero attached hydrogens (tertiary/aromatic N) is 1. The van der Waals surface area contributed by atoms with Gasteiger partial charge < -0.3 is 9.72 Å². The summed E-state index contributed by atoms with van der Waals surface area (Å²) in [5.74, 6) is 0. The topological polar surface area (TPSA) is 37.9 Å². The number of hydrogen-bond donors (Lipinski definition) is 1. The van der Waals surface area contributed by atoms with Crippen molar-refractivity contribution in [3.8, 4) is 6.01 Å². The number of aromatic nitrogens is 2. The fraction of sp³-hybridized carbons (Fsp3) is 0.300. The number of nitrogens with one attached hydrogen (secondary N) is 1. The number of hydrogen-bond acceptors (Lipinski definition) is 2. The Kier molecular flexibility index (Phi) is 1.93. The van der Waals surface area contributed by atoms with E-state index in [0.717, 1.165) is 11.0 Å². The normalized spacial score (nSPS) is 10.6. The minimum Gasteiger partial charge on any atom is -0.465 e. The molecule has 0 amide bonds. The largest absolute Gasteiger partial charge is 0.465 e. The van der Waals surface area contributed by atoms with Crippen LogP contribution in [0.2, 0.25) is 0 Å². The van der Waals surface area contributed by atoms with Gasteiger partial charge in [0, 0.05) is 0 Å². The monoisotopic (exact) mass is 176 g/mol. The van der Waals surface area contributed by atoms with E-state index in [4.69, 9.17) is 4.74 Å². The minimum absolute atomic E-state index is 0.604. The molecule has 0 atom stereocenters. The molecule has 3 nitrogen and oxygen atoms in total. The first-order valence-electron chi connectivity index (χ1n) is 4.39. The van der Waals surface area contributed by atoms with Gasteiger partial charge in [0.25, 0.3) is 6.01 Å². The van der Waals surface area contributed by atoms with Crippen LogP contribution >= 0.6 is 0 Å². The zero-order valence-electron chi connectivity index (χ0n) is 7.79. The summed E-state index contributed by atoms with van der Waals surface area (Å²) in [4.78, 5) is 7.43. The second kappa shape index (κ2) is 3.09. The summed E-state index contributed by atoms with van der Waals surface area (Å²) < 4.78 is 5.28. The highest BCUT2D eigenvalue weighted by Crippen LogP contribution is 2.18. The number of fused-ring (bicyclic) bond motifs is 1. The standard InChI is InChI=1S/C10H12N2O/c1-3-13-10-11-8-6-4-5-7(2)9(8)12-10/h4-6H,3H2,1-2H3,(H,11,12). The second-order valence-electron chi connectivity index (χ2n) is 2.95. The van der Waals surface area contributed by atoms with E-state index in [2.05, 4.69) is 9.97 Å². The molecular weight excluding hydrogens is 164 g/mol. The Morgan fingerprint density at radius 1 is 1.46 bits per heavy atom. The van der Waals surface area contributed by atoms with E-state index >= 15 is 0 Å². The van der Waals surface area contributed by atoms with E-state index < -0.39 is 0 Å².